The van der Waals surface area contributed by atoms with Gasteiger partial charge in [0.05, 0.1) is 11.3 Å². The number of aromatic amines is 1. The average molecular weight is 400 g/mol. The Hall–Kier alpha value is -2.64. The van der Waals surface area contributed by atoms with E-state index in [4.69, 9.17) is 0 Å². The highest BCUT2D eigenvalue weighted by Gasteiger charge is 2.50. The number of rotatable bonds is 2. The lowest BCUT2D eigenvalue weighted by Crippen LogP contribution is -2.40. The van der Waals surface area contributed by atoms with E-state index in [-0.39, 0.29) is 5.56 Å². The Kier molecular flexibility index (Phi) is 3.45. The summed E-state index contributed by atoms with van der Waals surface area (Å²) in [5.41, 5.74) is -0.595. The van der Waals surface area contributed by atoms with Crippen LogP contribution in [0.5, 0.6) is 0 Å². The van der Waals surface area contributed by atoms with Gasteiger partial charge >= 0.3 is 0 Å². The summed E-state index contributed by atoms with van der Waals surface area (Å²) in [6, 6.07) is 14.1. The van der Waals surface area contributed by atoms with E-state index >= 15 is 0 Å². The van der Waals surface area contributed by atoms with Crippen LogP contribution in [0, 0.1) is 6.92 Å². The first kappa shape index (κ1) is 15.9. The van der Waals surface area contributed by atoms with Gasteiger partial charge in [0.15, 0.2) is 0 Å². The van der Waals surface area contributed by atoms with Crippen molar-refractivity contribution >= 4 is 27.5 Å². The molecule has 25 heavy (non-hydrogen) atoms. The Balaban J connectivity index is 1.98. The molecular weight excluding hydrogens is 386 g/mol. The molecule has 0 fully saturated rings. The van der Waals surface area contributed by atoms with Crippen LogP contribution < -0.4 is 10.9 Å². The molecule has 1 atom stereocenters. The number of amides is 1. The minimum Gasteiger partial charge on any atom is -0.371 e. The van der Waals surface area contributed by atoms with E-state index in [0.29, 0.717) is 27.1 Å². The van der Waals surface area contributed by atoms with Crippen LogP contribution in [0.4, 0.5) is 5.69 Å². The predicted molar refractivity (Wildman–Crippen MR) is 96.9 cm³/mol. The highest BCUT2D eigenvalue weighted by atomic mass is 79.9. The van der Waals surface area contributed by atoms with E-state index < -0.39 is 17.1 Å². The van der Waals surface area contributed by atoms with Gasteiger partial charge in [0.2, 0.25) is 5.60 Å². The molecule has 0 aliphatic carbocycles. The van der Waals surface area contributed by atoms with Crippen LogP contribution in [0.15, 0.2) is 57.8 Å². The summed E-state index contributed by atoms with van der Waals surface area (Å²) in [6.45, 7) is 1.66. The van der Waals surface area contributed by atoms with Crippen molar-refractivity contribution in [2.75, 3.05) is 5.32 Å². The number of H-pyrrole nitrogens is 1. The zero-order chi connectivity index (χ0) is 17.8. The van der Waals surface area contributed by atoms with Gasteiger partial charge in [-0.15, -0.1) is 0 Å². The van der Waals surface area contributed by atoms with E-state index in [1.165, 1.54) is 4.68 Å². The first-order valence-electron chi connectivity index (χ1n) is 7.64. The number of para-hydroxylation sites is 1. The monoisotopic (exact) mass is 399 g/mol. The highest BCUT2D eigenvalue weighted by Crippen LogP contribution is 2.41. The van der Waals surface area contributed by atoms with Gasteiger partial charge in [-0.2, -0.15) is 0 Å². The predicted octanol–water partition coefficient (Wildman–Crippen LogP) is 2.42. The summed E-state index contributed by atoms with van der Waals surface area (Å²) in [4.78, 5) is 25.6. The maximum atomic E-state index is 13.0. The molecule has 0 bridgehead atoms. The Morgan fingerprint density at radius 3 is 2.56 bits per heavy atom. The number of anilines is 1. The van der Waals surface area contributed by atoms with Gasteiger partial charge in [-0.3, -0.25) is 14.7 Å². The molecule has 4 rings (SSSR count). The third kappa shape index (κ3) is 2.20. The van der Waals surface area contributed by atoms with Crippen LogP contribution in [0.2, 0.25) is 0 Å². The van der Waals surface area contributed by atoms with Gasteiger partial charge in [-0.1, -0.05) is 34.1 Å². The molecule has 1 aliphatic rings. The van der Waals surface area contributed by atoms with E-state index in [9.17, 15) is 14.7 Å². The van der Waals surface area contributed by atoms with E-state index in [1.807, 2.05) is 6.07 Å². The second-order valence-electron chi connectivity index (χ2n) is 5.94. The number of aromatic nitrogens is 2. The first-order chi connectivity index (χ1) is 11.9. The number of hydrogen-bond donors (Lipinski definition) is 3. The van der Waals surface area contributed by atoms with Gasteiger partial charge < -0.3 is 10.4 Å². The Morgan fingerprint density at radius 1 is 1.12 bits per heavy atom. The van der Waals surface area contributed by atoms with Crippen molar-refractivity contribution in [1.82, 2.24) is 9.78 Å². The largest absolute Gasteiger partial charge is 0.371 e. The zero-order valence-corrected chi connectivity index (χ0v) is 14.8. The normalized spacial score (nSPS) is 18.9. The van der Waals surface area contributed by atoms with Crippen molar-refractivity contribution < 1.29 is 9.90 Å². The molecule has 126 valence electrons. The minimum atomic E-state index is -2.04. The fraction of sp³-hybridized carbons (Fsp3) is 0.111. The molecule has 0 saturated carbocycles. The molecule has 0 saturated heterocycles. The molecule has 1 aromatic heterocycles. The molecule has 0 spiro atoms. The molecule has 7 heteroatoms. The van der Waals surface area contributed by atoms with Crippen molar-refractivity contribution in [3.8, 4) is 5.69 Å². The fourth-order valence-corrected chi connectivity index (χ4v) is 3.60. The Bertz CT molecular complexity index is 1060. The molecule has 1 unspecified atom stereocenters. The van der Waals surface area contributed by atoms with Crippen LogP contribution in [-0.2, 0) is 10.4 Å². The molecule has 3 N–H and O–H groups in total. The smallest absolute Gasteiger partial charge is 0.278 e. The lowest BCUT2D eigenvalue weighted by atomic mass is 9.88. The number of carbonyl (C=O) groups excluding carboxylic acids is 1. The van der Waals surface area contributed by atoms with Gasteiger partial charge in [0, 0.05) is 21.4 Å². The Labute approximate surface area is 151 Å². The van der Waals surface area contributed by atoms with Crippen molar-refractivity contribution in [2.24, 2.45) is 0 Å². The summed E-state index contributed by atoms with van der Waals surface area (Å²) >= 11 is 3.35. The second kappa shape index (κ2) is 5.44. The molecular formula is C18H14BrN3O3. The molecule has 6 nitrogen and oxygen atoms in total. The van der Waals surface area contributed by atoms with Crippen molar-refractivity contribution in [3.63, 3.8) is 0 Å². The number of fused-ring (bicyclic) bond motifs is 1. The lowest BCUT2D eigenvalue weighted by Gasteiger charge is -2.19. The summed E-state index contributed by atoms with van der Waals surface area (Å²) in [5.74, 6) is -0.639. The van der Waals surface area contributed by atoms with Crippen molar-refractivity contribution in [3.05, 3.63) is 80.2 Å². The summed E-state index contributed by atoms with van der Waals surface area (Å²) in [5, 5.41) is 16.9. The first-order valence-corrected chi connectivity index (χ1v) is 8.43. The van der Waals surface area contributed by atoms with Crippen LogP contribution in [0.25, 0.3) is 5.69 Å². The van der Waals surface area contributed by atoms with Crippen LogP contribution in [-0.4, -0.2) is 20.8 Å². The van der Waals surface area contributed by atoms with Gasteiger partial charge in [-0.25, -0.2) is 4.68 Å². The van der Waals surface area contributed by atoms with Gasteiger partial charge in [0.1, 0.15) is 0 Å². The van der Waals surface area contributed by atoms with E-state index in [2.05, 4.69) is 26.3 Å². The highest BCUT2D eigenvalue weighted by molar-refractivity contribution is 9.10. The SMILES string of the molecule is Cc1[nH]n(-c2ccccc2)c(=O)c1C1(O)C(=O)Nc2ccc(Br)cc21. The number of benzene rings is 2. The summed E-state index contributed by atoms with van der Waals surface area (Å²) in [7, 11) is 0. The number of nitrogens with zero attached hydrogens (tertiary/aromatic N) is 1. The second-order valence-corrected chi connectivity index (χ2v) is 6.86. The third-order valence-electron chi connectivity index (χ3n) is 4.40. The van der Waals surface area contributed by atoms with E-state index in [0.717, 1.165) is 0 Å². The molecule has 1 amide bonds. The molecule has 1 aliphatic heterocycles. The topological polar surface area (TPSA) is 87.1 Å². The van der Waals surface area contributed by atoms with Crippen LogP contribution >= 0.6 is 15.9 Å². The number of carbonyl (C=O) groups is 1. The molecule has 2 heterocycles. The number of halogens is 1. The number of hydrogen-bond acceptors (Lipinski definition) is 3. The van der Waals surface area contributed by atoms with Gasteiger partial charge in [0.25, 0.3) is 11.5 Å². The van der Waals surface area contributed by atoms with E-state index in [1.54, 1.807) is 49.4 Å². The van der Waals surface area contributed by atoms with Crippen molar-refractivity contribution in [2.45, 2.75) is 12.5 Å². The molecule has 0 radical (unpaired) electrons. The fourth-order valence-electron chi connectivity index (χ4n) is 3.24. The maximum absolute atomic E-state index is 13.0. The zero-order valence-electron chi connectivity index (χ0n) is 13.2. The summed E-state index contributed by atoms with van der Waals surface area (Å²) < 4.78 is 2.03. The Morgan fingerprint density at radius 2 is 1.84 bits per heavy atom. The standard InChI is InChI=1S/C18H14BrN3O3/c1-10-15(16(23)22(21-10)12-5-3-2-4-6-12)18(25)13-9-11(19)7-8-14(13)20-17(18)24/h2-9,21,25H,1H3,(H,20,24). The maximum Gasteiger partial charge on any atom is 0.278 e. The van der Waals surface area contributed by atoms with Crippen LogP contribution in [0.1, 0.15) is 16.8 Å². The van der Waals surface area contributed by atoms with Gasteiger partial charge in [-0.05, 0) is 37.3 Å². The summed E-state index contributed by atoms with van der Waals surface area (Å²) in [6.07, 6.45) is 0. The quantitative estimate of drug-likeness (QED) is 0.618. The molecule has 3 aromatic rings. The average Bonchev–Trinajstić information content (AvgIpc) is 3.03. The number of aryl methyl sites for hydroxylation is 1. The minimum absolute atomic E-state index is 0.0192. The lowest BCUT2D eigenvalue weighted by molar-refractivity contribution is -0.129. The van der Waals surface area contributed by atoms with Crippen molar-refractivity contribution in [1.29, 1.82) is 0 Å². The van der Waals surface area contributed by atoms with Crippen LogP contribution in [0.3, 0.4) is 0 Å². The molecule has 2 aromatic carbocycles. The number of aliphatic hydroxyl groups is 1. The third-order valence-corrected chi connectivity index (χ3v) is 4.89. The number of nitrogens with one attached hydrogen (secondary N) is 2.